The van der Waals surface area contributed by atoms with Crippen LogP contribution in [0.3, 0.4) is 0 Å². The second kappa shape index (κ2) is 12.8. The minimum atomic E-state index is 0.627. The van der Waals surface area contributed by atoms with Gasteiger partial charge in [0.25, 0.3) is 0 Å². The monoisotopic (exact) mass is 739 g/mol. The maximum atomic E-state index is 5.02. The van der Waals surface area contributed by atoms with Gasteiger partial charge < -0.3 is 8.97 Å². The third kappa shape index (κ3) is 4.93. The molecule has 0 spiro atoms. The van der Waals surface area contributed by atoms with Crippen LogP contribution in [0.5, 0.6) is 0 Å². The first kappa shape index (κ1) is 32.4. The van der Waals surface area contributed by atoms with Crippen molar-refractivity contribution >= 4 is 70.7 Å². The van der Waals surface area contributed by atoms with Gasteiger partial charge in [0.05, 0.1) is 27.6 Å². The molecule has 0 saturated carbocycles. The number of fused-ring (bicyclic) bond motifs is 11. The topological polar surface area (TPSA) is 48.0 Å². The maximum Gasteiger partial charge on any atom is 0.164 e. The Hall–Kier alpha value is -7.89. The Morgan fingerprint density at radius 1 is 0.310 bits per heavy atom. The molecule has 9 aromatic carbocycles. The summed E-state index contributed by atoms with van der Waals surface area (Å²) < 4.78 is 4.91. The molecule has 3 aromatic heterocycles. The van der Waals surface area contributed by atoms with E-state index in [1.54, 1.807) is 0 Å². The van der Waals surface area contributed by atoms with E-state index in [-0.39, 0.29) is 0 Å². The molecule has 5 heteroatoms. The molecule has 58 heavy (non-hydrogen) atoms. The van der Waals surface area contributed by atoms with Crippen LogP contribution >= 0.6 is 0 Å². The van der Waals surface area contributed by atoms with Crippen LogP contribution in [-0.2, 0) is 0 Å². The molecule has 0 aliphatic rings. The number of para-hydroxylation sites is 3. The molecule has 0 aliphatic carbocycles. The van der Waals surface area contributed by atoms with E-state index in [9.17, 15) is 0 Å². The maximum absolute atomic E-state index is 5.02. The summed E-state index contributed by atoms with van der Waals surface area (Å²) in [7, 11) is 0. The molecule has 12 rings (SSSR count). The first-order valence-electron chi connectivity index (χ1n) is 19.6. The second-order valence-electron chi connectivity index (χ2n) is 14.8. The lowest BCUT2D eigenvalue weighted by molar-refractivity contribution is 1.07. The van der Waals surface area contributed by atoms with Crippen LogP contribution in [0.15, 0.2) is 200 Å². The van der Waals surface area contributed by atoms with E-state index >= 15 is 0 Å². The van der Waals surface area contributed by atoms with E-state index in [0.717, 1.165) is 38.9 Å². The highest BCUT2D eigenvalue weighted by atomic mass is 15.0. The van der Waals surface area contributed by atoms with Crippen molar-refractivity contribution in [2.24, 2.45) is 0 Å². The van der Waals surface area contributed by atoms with Gasteiger partial charge in [-0.05, 0) is 76.1 Å². The van der Waals surface area contributed by atoms with Gasteiger partial charge in [-0.25, -0.2) is 15.0 Å². The minimum absolute atomic E-state index is 0.627. The molecule has 0 aliphatic heterocycles. The van der Waals surface area contributed by atoms with Crippen LogP contribution < -0.4 is 0 Å². The highest BCUT2D eigenvalue weighted by Gasteiger charge is 2.20. The predicted molar refractivity (Wildman–Crippen MR) is 240 cm³/mol. The lowest BCUT2D eigenvalue weighted by atomic mass is 9.97. The van der Waals surface area contributed by atoms with Gasteiger partial charge in [0.15, 0.2) is 17.5 Å². The fourth-order valence-corrected chi connectivity index (χ4v) is 8.95. The number of rotatable bonds is 4. The standard InChI is InChI=1S/C53H33N5/c1-3-16-35(17-4-1)51-54-52(36-18-5-2-6-19-36)56-53(55-51)37-27-30-39(31-28-37)57-44-24-12-11-23-42(44)43-33-38-20-8-10-22-41(38)49-48-40-21-9-7-15-34(40)29-32-47(48)58(50(43)49)46-26-14-13-25-45(46)57/h1-33H. The summed E-state index contributed by atoms with van der Waals surface area (Å²) in [5, 5.41) is 9.90. The fraction of sp³-hybridized carbons (Fsp3) is 0. The first-order valence-corrected chi connectivity index (χ1v) is 19.6. The van der Waals surface area contributed by atoms with E-state index in [1.165, 1.54) is 54.1 Å². The van der Waals surface area contributed by atoms with Crippen LogP contribution in [0.2, 0.25) is 0 Å². The van der Waals surface area contributed by atoms with Gasteiger partial charge in [0.2, 0.25) is 0 Å². The molecule has 0 N–H and O–H groups in total. The van der Waals surface area contributed by atoms with Gasteiger partial charge in [-0.15, -0.1) is 0 Å². The average Bonchev–Trinajstić information content (AvgIpc) is 3.65. The fourth-order valence-electron chi connectivity index (χ4n) is 8.95. The summed E-state index contributed by atoms with van der Waals surface area (Å²) in [4.78, 5) is 15.0. The van der Waals surface area contributed by atoms with Gasteiger partial charge >= 0.3 is 0 Å². The van der Waals surface area contributed by atoms with E-state index < -0.39 is 0 Å². The summed E-state index contributed by atoms with van der Waals surface area (Å²) >= 11 is 0. The zero-order valence-corrected chi connectivity index (χ0v) is 31.3. The van der Waals surface area contributed by atoms with E-state index in [2.05, 4.69) is 148 Å². The normalized spacial score (nSPS) is 11.8. The molecule has 3 heterocycles. The highest BCUT2D eigenvalue weighted by Crippen LogP contribution is 2.43. The van der Waals surface area contributed by atoms with Crippen molar-refractivity contribution in [1.29, 1.82) is 0 Å². The number of aromatic nitrogens is 5. The Morgan fingerprint density at radius 3 is 1.47 bits per heavy atom. The highest BCUT2D eigenvalue weighted by molar-refractivity contribution is 6.33. The third-order valence-corrected chi connectivity index (χ3v) is 11.5. The summed E-state index contributed by atoms with van der Waals surface area (Å²) in [5.41, 5.74) is 9.56. The molecule has 270 valence electrons. The Bertz CT molecular complexity index is 3550. The smallest absolute Gasteiger partial charge is 0.164 e. The Morgan fingerprint density at radius 2 is 0.810 bits per heavy atom. The third-order valence-electron chi connectivity index (χ3n) is 11.5. The number of benzene rings is 9. The van der Waals surface area contributed by atoms with Crippen molar-refractivity contribution in [3.63, 3.8) is 0 Å². The molecule has 0 saturated heterocycles. The predicted octanol–water partition coefficient (Wildman–Crippen LogP) is 13.4. The molecule has 0 radical (unpaired) electrons. The lowest BCUT2D eigenvalue weighted by Crippen LogP contribution is -2.02. The summed E-state index contributed by atoms with van der Waals surface area (Å²) in [6.07, 6.45) is 0. The van der Waals surface area contributed by atoms with Gasteiger partial charge in [-0.1, -0.05) is 146 Å². The van der Waals surface area contributed by atoms with Gasteiger partial charge in [0, 0.05) is 43.9 Å². The molecule has 5 nitrogen and oxygen atoms in total. The number of hydrogen-bond acceptors (Lipinski definition) is 3. The quantitative estimate of drug-likeness (QED) is 0.181. The SMILES string of the molecule is c1ccc(-c2nc(-c3ccccc3)nc(-c3ccc(-n4c5ccccc5c5cc6ccccc6c6c7c8ccccc8ccc7n(c7ccccc74)c56)cc3)n2)cc1. The van der Waals surface area contributed by atoms with Crippen LogP contribution in [0.25, 0.3) is 111 Å². The van der Waals surface area contributed by atoms with E-state index in [4.69, 9.17) is 15.0 Å². The van der Waals surface area contributed by atoms with Gasteiger partial charge in [-0.3, -0.25) is 0 Å². The Kier molecular flexibility index (Phi) is 7.16. The molecular formula is C53H33N5. The molecule has 0 atom stereocenters. The van der Waals surface area contributed by atoms with E-state index in [1.807, 2.05) is 60.7 Å². The Labute approximate surface area is 333 Å². The first-order chi connectivity index (χ1) is 28.8. The zero-order chi connectivity index (χ0) is 38.2. The molecule has 12 aromatic rings. The Balaban J connectivity index is 1.17. The summed E-state index contributed by atoms with van der Waals surface area (Å²) in [6.45, 7) is 0. The second-order valence-corrected chi connectivity index (χ2v) is 14.8. The molecule has 0 bridgehead atoms. The van der Waals surface area contributed by atoms with Crippen molar-refractivity contribution in [1.82, 2.24) is 23.9 Å². The van der Waals surface area contributed by atoms with Crippen LogP contribution in [0.1, 0.15) is 0 Å². The molecule has 0 amide bonds. The van der Waals surface area contributed by atoms with Gasteiger partial charge in [-0.2, -0.15) is 0 Å². The lowest BCUT2D eigenvalue weighted by Gasteiger charge is -2.17. The van der Waals surface area contributed by atoms with E-state index in [0.29, 0.717) is 17.5 Å². The van der Waals surface area contributed by atoms with Crippen molar-refractivity contribution in [2.45, 2.75) is 0 Å². The van der Waals surface area contributed by atoms with Gasteiger partial charge in [0.1, 0.15) is 0 Å². The average molecular weight is 740 g/mol. The van der Waals surface area contributed by atoms with Crippen molar-refractivity contribution in [3.05, 3.63) is 200 Å². The summed E-state index contributed by atoms with van der Waals surface area (Å²) in [6, 6.07) is 71.1. The van der Waals surface area contributed by atoms with Crippen molar-refractivity contribution in [2.75, 3.05) is 0 Å². The molecule has 0 fully saturated rings. The largest absolute Gasteiger partial charge is 0.308 e. The number of hydrogen-bond donors (Lipinski definition) is 0. The van der Waals surface area contributed by atoms with Crippen LogP contribution in [-0.4, -0.2) is 23.9 Å². The van der Waals surface area contributed by atoms with Crippen LogP contribution in [0, 0.1) is 0 Å². The van der Waals surface area contributed by atoms with Crippen molar-refractivity contribution < 1.29 is 0 Å². The van der Waals surface area contributed by atoms with Crippen molar-refractivity contribution in [3.8, 4) is 39.9 Å². The summed E-state index contributed by atoms with van der Waals surface area (Å²) in [5.74, 6) is 1.91. The van der Waals surface area contributed by atoms with Crippen LogP contribution in [0.4, 0.5) is 0 Å². The zero-order valence-electron chi connectivity index (χ0n) is 31.3. The molecular weight excluding hydrogens is 707 g/mol. The minimum Gasteiger partial charge on any atom is -0.308 e. The number of nitrogens with zero attached hydrogens (tertiary/aromatic N) is 5. The molecule has 0 unspecified atom stereocenters.